The van der Waals surface area contributed by atoms with E-state index in [0.29, 0.717) is 0 Å². The number of nitrogens with zero attached hydrogens (tertiary/aromatic N) is 1. The summed E-state index contributed by atoms with van der Waals surface area (Å²) in [5, 5.41) is 0.906. The van der Waals surface area contributed by atoms with Gasteiger partial charge < -0.3 is 4.90 Å². The highest BCUT2D eigenvalue weighted by Crippen LogP contribution is 2.18. The molecule has 0 aliphatic carbocycles. The standard InChI is InChI=1S/C12H18ClN/c1-10-6-7-11(12(13)9-10)5-4-8-14(2)3/h6-7,9H,4-5,8H2,1-3H3. The van der Waals surface area contributed by atoms with E-state index in [1.165, 1.54) is 11.1 Å². The van der Waals surface area contributed by atoms with Gasteiger partial charge in [-0.25, -0.2) is 0 Å². The summed E-state index contributed by atoms with van der Waals surface area (Å²) in [6.45, 7) is 3.18. The molecule has 0 spiro atoms. The summed E-state index contributed by atoms with van der Waals surface area (Å²) in [5.41, 5.74) is 2.49. The van der Waals surface area contributed by atoms with Crippen LogP contribution < -0.4 is 0 Å². The Morgan fingerprint density at radius 1 is 1.29 bits per heavy atom. The van der Waals surface area contributed by atoms with Gasteiger partial charge in [-0.15, -0.1) is 0 Å². The Morgan fingerprint density at radius 3 is 2.57 bits per heavy atom. The van der Waals surface area contributed by atoms with E-state index >= 15 is 0 Å². The van der Waals surface area contributed by atoms with Gasteiger partial charge in [-0.2, -0.15) is 0 Å². The molecule has 0 saturated heterocycles. The molecule has 0 atom stereocenters. The molecule has 1 nitrogen and oxygen atoms in total. The van der Waals surface area contributed by atoms with Crippen molar-refractivity contribution in [2.24, 2.45) is 0 Å². The highest BCUT2D eigenvalue weighted by atomic mass is 35.5. The van der Waals surface area contributed by atoms with Crippen LogP contribution in [-0.4, -0.2) is 25.5 Å². The number of hydrogen-bond acceptors (Lipinski definition) is 1. The van der Waals surface area contributed by atoms with Crippen LogP contribution >= 0.6 is 11.6 Å². The maximum atomic E-state index is 6.13. The van der Waals surface area contributed by atoms with E-state index in [2.05, 4.69) is 38.1 Å². The van der Waals surface area contributed by atoms with Crippen molar-refractivity contribution in [3.63, 3.8) is 0 Å². The molecule has 0 saturated carbocycles. The third kappa shape index (κ3) is 3.69. The lowest BCUT2D eigenvalue weighted by atomic mass is 10.1. The third-order valence-corrected chi connectivity index (χ3v) is 2.61. The third-order valence-electron chi connectivity index (χ3n) is 2.26. The SMILES string of the molecule is Cc1ccc(CCCN(C)C)c(Cl)c1. The summed E-state index contributed by atoms with van der Waals surface area (Å²) in [5.74, 6) is 0. The van der Waals surface area contributed by atoms with Crippen LogP contribution in [-0.2, 0) is 6.42 Å². The van der Waals surface area contributed by atoms with E-state index in [9.17, 15) is 0 Å². The lowest BCUT2D eigenvalue weighted by molar-refractivity contribution is 0.400. The van der Waals surface area contributed by atoms with Gasteiger partial charge in [-0.3, -0.25) is 0 Å². The molecule has 0 aliphatic heterocycles. The second kappa shape index (κ2) is 5.38. The molecule has 1 aromatic carbocycles. The van der Waals surface area contributed by atoms with Crippen LogP contribution in [0.15, 0.2) is 18.2 Å². The van der Waals surface area contributed by atoms with Crippen molar-refractivity contribution >= 4 is 11.6 Å². The van der Waals surface area contributed by atoms with E-state index in [4.69, 9.17) is 11.6 Å². The molecule has 78 valence electrons. The maximum Gasteiger partial charge on any atom is 0.0440 e. The first-order valence-electron chi connectivity index (χ1n) is 4.99. The minimum Gasteiger partial charge on any atom is -0.309 e. The normalized spacial score (nSPS) is 10.9. The van der Waals surface area contributed by atoms with Crippen LogP contribution in [0.2, 0.25) is 5.02 Å². The van der Waals surface area contributed by atoms with Crippen LogP contribution in [0, 0.1) is 6.92 Å². The van der Waals surface area contributed by atoms with Crippen LogP contribution in [0.1, 0.15) is 17.5 Å². The zero-order valence-corrected chi connectivity index (χ0v) is 9.93. The molecule has 0 amide bonds. The lowest BCUT2D eigenvalue weighted by Crippen LogP contribution is -2.13. The van der Waals surface area contributed by atoms with Crippen LogP contribution in [0.25, 0.3) is 0 Å². The van der Waals surface area contributed by atoms with Crippen molar-refractivity contribution in [2.75, 3.05) is 20.6 Å². The van der Waals surface area contributed by atoms with Gasteiger partial charge in [0.1, 0.15) is 0 Å². The average Bonchev–Trinajstić information content (AvgIpc) is 2.08. The first-order valence-corrected chi connectivity index (χ1v) is 5.37. The fraction of sp³-hybridized carbons (Fsp3) is 0.500. The number of halogens is 1. The molecule has 0 fully saturated rings. The number of hydrogen-bond donors (Lipinski definition) is 0. The van der Waals surface area contributed by atoms with Gasteiger partial charge in [-0.1, -0.05) is 23.7 Å². The van der Waals surface area contributed by atoms with Crippen molar-refractivity contribution in [1.29, 1.82) is 0 Å². The summed E-state index contributed by atoms with van der Waals surface area (Å²) in [6, 6.07) is 6.29. The van der Waals surface area contributed by atoms with Crippen molar-refractivity contribution < 1.29 is 0 Å². The van der Waals surface area contributed by atoms with E-state index in [1.807, 2.05) is 6.07 Å². The Labute approximate surface area is 91.7 Å². The molecule has 0 aliphatic rings. The maximum absolute atomic E-state index is 6.13. The molecule has 1 rings (SSSR count). The second-order valence-electron chi connectivity index (χ2n) is 4.00. The first-order chi connectivity index (χ1) is 6.59. The predicted molar refractivity (Wildman–Crippen MR) is 63.1 cm³/mol. The molecule has 0 N–H and O–H groups in total. The minimum absolute atomic E-state index is 0.906. The van der Waals surface area contributed by atoms with Crippen molar-refractivity contribution in [3.05, 3.63) is 34.3 Å². The van der Waals surface area contributed by atoms with E-state index in [-0.39, 0.29) is 0 Å². The van der Waals surface area contributed by atoms with Gasteiger partial charge in [0.05, 0.1) is 0 Å². The average molecular weight is 212 g/mol. The molecule has 2 heteroatoms. The summed E-state index contributed by atoms with van der Waals surface area (Å²) in [6.07, 6.45) is 2.23. The molecule has 14 heavy (non-hydrogen) atoms. The topological polar surface area (TPSA) is 3.24 Å². The number of benzene rings is 1. The molecule has 0 aromatic heterocycles. The number of aryl methyl sites for hydroxylation is 2. The highest BCUT2D eigenvalue weighted by molar-refractivity contribution is 6.31. The van der Waals surface area contributed by atoms with Gasteiger partial charge >= 0.3 is 0 Å². The molecule has 0 heterocycles. The van der Waals surface area contributed by atoms with Crippen molar-refractivity contribution in [2.45, 2.75) is 19.8 Å². The van der Waals surface area contributed by atoms with Gasteiger partial charge in [-0.05, 0) is 57.6 Å². The molecule has 0 bridgehead atoms. The molecule has 0 unspecified atom stereocenters. The molecule has 0 radical (unpaired) electrons. The van der Waals surface area contributed by atoms with Gasteiger partial charge in [0, 0.05) is 5.02 Å². The Morgan fingerprint density at radius 2 is 2.00 bits per heavy atom. The van der Waals surface area contributed by atoms with Crippen LogP contribution in [0.4, 0.5) is 0 Å². The molecule has 1 aromatic rings. The predicted octanol–water partition coefficient (Wildman–Crippen LogP) is 3.14. The van der Waals surface area contributed by atoms with E-state index in [0.717, 1.165) is 24.4 Å². The van der Waals surface area contributed by atoms with Gasteiger partial charge in [0.2, 0.25) is 0 Å². The van der Waals surface area contributed by atoms with Crippen molar-refractivity contribution in [1.82, 2.24) is 4.90 Å². The minimum atomic E-state index is 0.906. The van der Waals surface area contributed by atoms with Crippen LogP contribution in [0.3, 0.4) is 0 Å². The Hall–Kier alpha value is -0.530. The summed E-state index contributed by atoms with van der Waals surface area (Å²) in [4.78, 5) is 2.20. The quantitative estimate of drug-likeness (QED) is 0.740. The monoisotopic (exact) mass is 211 g/mol. The highest BCUT2D eigenvalue weighted by Gasteiger charge is 2.00. The van der Waals surface area contributed by atoms with E-state index in [1.54, 1.807) is 0 Å². The molecular weight excluding hydrogens is 194 g/mol. The summed E-state index contributed by atoms with van der Waals surface area (Å²) >= 11 is 6.13. The summed E-state index contributed by atoms with van der Waals surface area (Å²) in [7, 11) is 4.19. The fourth-order valence-electron chi connectivity index (χ4n) is 1.44. The lowest BCUT2D eigenvalue weighted by Gasteiger charge is -2.10. The Bertz CT molecular complexity index is 294. The zero-order valence-electron chi connectivity index (χ0n) is 9.18. The summed E-state index contributed by atoms with van der Waals surface area (Å²) < 4.78 is 0. The Balaban J connectivity index is 2.51. The first kappa shape index (κ1) is 11.5. The fourth-order valence-corrected chi connectivity index (χ4v) is 1.77. The van der Waals surface area contributed by atoms with Crippen LogP contribution in [0.5, 0.6) is 0 Å². The smallest absolute Gasteiger partial charge is 0.0440 e. The van der Waals surface area contributed by atoms with Gasteiger partial charge in [0.25, 0.3) is 0 Å². The molecular formula is C12H18ClN. The largest absolute Gasteiger partial charge is 0.309 e. The van der Waals surface area contributed by atoms with E-state index < -0.39 is 0 Å². The Kier molecular flexibility index (Phi) is 4.43. The van der Waals surface area contributed by atoms with Gasteiger partial charge in [0.15, 0.2) is 0 Å². The zero-order chi connectivity index (χ0) is 10.6. The van der Waals surface area contributed by atoms with Crippen molar-refractivity contribution in [3.8, 4) is 0 Å². The second-order valence-corrected chi connectivity index (χ2v) is 4.41. The number of rotatable bonds is 4.